The van der Waals surface area contributed by atoms with Crippen LogP contribution in [-0.4, -0.2) is 59.1 Å². The van der Waals surface area contributed by atoms with Crippen molar-refractivity contribution in [2.24, 2.45) is 0 Å². The van der Waals surface area contributed by atoms with E-state index in [0.717, 1.165) is 0 Å². The lowest BCUT2D eigenvalue weighted by Crippen LogP contribution is -2.45. The van der Waals surface area contributed by atoms with Gasteiger partial charge in [0.05, 0.1) is 28.5 Å². The fraction of sp³-hybridized carbons (Fsp3) is 0.250. The van der Waals surface area contributed by atoms with Gasteiger partial charge in [-0.25, -0.2) is 9.97 Å². The number of hydrogen-bond acceptors (Lipinski definition) is 8. The Morgan fingerprint density at radius 1 is 1.32 bits per heavy atom. The summed E-state index contributed by atoms with van der Waals surface area (Å²) in [7, 11) is 0. The molecule has 2 aromatic carbocycles. The zero-order chi connectivity index (χ0) is 24.1. The predicted octanol–water partition coefficient (Wildman–Crippen LogP) is 3.78. The van der Waals surface area contributed by atoms with E-state index in [-0.39, 0.29) is 24.5 Å². The Morgan fingerprint density at radius 3 is 2.91 bits per heavy atom. The van der Waals surface area contributed by atoms with Crippen LogP contribution in [0.2, 0.25) is 5.02 Å². The Balaban J connectivity index is 1.60. The molecule has 4 rings (SSSR count). The van der Waals surface area contributed by atoms with E-state index in [1.165, 1.54) is 12.4 Å². The predicted molar refractivity (Wildman–Crippen MR) is 131 cm³/mol. The number of cyclic esters (lactones) is 1. The summed E-state index contributed by atoms with van der Waals surface area (Å²) in [4.78, 5) is 34.4. The van der Waals surface area contributed by atoms with Crippen LogP contribution < -0.4 is 15.4 Å². The largest absolute Gasteiger partial charge is 0.490 e. The van der Waals surface area contributed by atoms with E-state index >= 15 is 0 Å². The number of carbonyl (C=O) groups excluding carboxylic acids is 2. The number of morpholine rings is 1. The van der Waals surface area contributed by atoms with Crippen LogP contribution in [0.15, 0.2) is 55.4 Å². The summed E-state index contributed by atoms with van der Waals surface area (Å²) in [6.45, 7) is 7.05. The van der Waals surface area contributed by atoms with Crippen LogP contribution in [0.1, 0.15) is 6.92 Å². The highest BCUT2D eigenvalue weighted by atomic mass is 35.5. The zero-order valence-electron chi connectivity index (χ0n) is 18.6. The van der Waals surface area contributed by atoms with Crippen LogP contribution in [0, 0.1) is 0 Å². The van der Waals surface area contributed by atoms with Gasteiger partial charge in [0, 0.05) is 24.5 Å². The number of aromatic nitrogens is 2. The maximum atomic E-state index is 12.1. The molecule has 34 heavy (non-hydrogen) atoms. The number of benzene rings is 2. The lowest BCUT2D eigenvalue weighted by molar-refractivity contribution is -0.157. The number of ether oxygens (including phenoxy) is 2. The Bertz CT molecular complexity index is 1240. The first-order chi connectivity index (χ1) is 16.4. The molecule has 2 heterocycles. The lowest BCUT2D eigenvalue weighted by atomic mass is 10.1. The molecule has 176 valence electrons. The molecule has 10 heteroatoms. The minimum atomic E-state index is -0.380. The average molecular weight is 482 g/mol. The zero-order valence-corrected chi connectivity index (χ0v) is 19.3. The summed E-state index contributed by atoms with van der Waals surface area (Å²) in [5.41, 5.74) is 1.75. The Kier molecular flexibility index (Phi) is 7.24. The first kappa shape index (κ1) is 23.5. The summed E-state index contributed by atoms with van der Waals surface area (Å²) in [5.74, 6) is 0.338. The molecular weight excluding hydrogens is 458 g/mol. The second-order valence-electron chi connectivity index (χ2n) is 7.77. The monoisotopic (exact) mass is 481 g/mol. The number of amides is 1. The first-order valence-corrected chi connectivity index (χ1v) is 11.1. The number of fused-ring (bicyclic) bond motifs is 1. The number of hydrogen-bond donors (Lipinski definition) is 2. The van der Waals surface area contributed by atoms with Gasteiger partial charge in [-0.05, 0) is 31.2 Å². The van der Waals surface area contributed by atoms with Crippen LogP contribution in [-0.2, 0) is 14.3 Å². The molecule has 1 fully saturated rings. The van der Waals surface area contributed by atoms with E-state index in [2.05, 4.69) is 27.2 Å². The quantitative estimate of drug-likeness (QED) is 0.370. The van der Waals surface area contributed by atoms with Crippen molar-refractivity contribution in [3.05, 3.63) is 60.4 Å². The molecule has 1 aliphatic heterocycles. The molecule has 1 amide bonds. The maximum Gasteiger partial charge on any atom is 0.320 e. The smallest absolute Gasteiger partial charge is 0.320 e. The van der Waals surface area contributed by atoms with Crippen molar-refractivity contribution in [3.8, 4) is 5.75 Å². The third-order valence-electron chi connectivity index (χ3n) is 5.17. The summed E-state index contributed by atoms with van der Waals surface area (Å²) in [6, 6.07) is 10.8. The molecule has 0 radical (unpaired) electrons. The summed E-state index contributed by atoms with van der Waals surface area (Å²) < 4.78 is 11.2. The minimum Gasteiger partial charge on any atom is -0.490 e. The fourth-order valence-corrected chi connectivity index (χ4v) is 3.82. The summed E-state index contributed by atoms with van der Waals surface area (Å²) in [5, 5.41) is 7.21. The number of para-hydroxylation sites is 1. The molecule has 0 aliphatic carbocycles. The average Bonchev–Trinajstić information content (AvgIpc) is 2.80. The molecule has 0 unspecified atom stereocenters. The molecule has 0 saturated carbocycles. The molecule has 0 bridgehead atoms. The highest BCUT2D eigenvalue weighted by molar-refractivity contribution is 6.33. The van der Waals surface area contributed by atoms with Crippen LogP contribution in [0.25, 0.3) is 10.9 Å². The van der Waals surface area contributed by atoms with Crippen LogP contribution >= 0.6 is 11.6 Å². The van der Waals surface area contributed by atoms with Crippen molar-refractivity contribution in [2.75, 3.05) is 36.9 Å². The van der Waals surface area contributed by atoms with Gasteiger partial charge in [0.2, 0.25) is 5.91 Å². The summed E-state index contributed by atoms with van der Waals surface area (Å²) in [6.07, 6.45) is 2.46. The third kappa shape index (κ3) is 5.62. The number of rotatable bonds is 8. The van der Waals surface area contributed by atoms with Gasteiger partial charge in [-0.3, -0.25) is 14.5 Å². The van der Waals surface area contributed by atoms with Crippen molar-refractivity contribution < 1.29 is 19.1 Å². The van der Waals surface area contributed by atoms with Gasteiger partial charge in [0.25, 0.3) is 0 Å². The van der Waals surface area contributed by atoms with Crippen LogP contribution in [0.4, 0.5) is 17.2 Å². The second kappa shape index (κ2) is 10.5. The number of halogens is 1. The van der Waals surface area contributed by atoms with Crippen LogP contribution in [0.5, 0.6) is 5.75 Å². The molecule has 1 saturated heterocycles. The van der Waals surface area contributed by atoms with E-state index in [1.54, 1.807) is 18.2 Å². The number of nitrogens with one attached hydrogen (secondary N) is 2. The third-order valence-corrected chi connectivity index (χ3v) is 5.50. The number of anilines is 3. The highest BCUT2D eigenvalue weighted by Gasteiger charge is 2.23. The SMILES string of the molecule is C=CC(=O)Nc1cc2c(Nc3ccccc3Cl)ncnc2cc1OCCN1CC(=O)O[C@@H](C)C1. The standard InChI is InChI=1S/C24H24ClN5O4/c1-3-22(31)28-20-10-16-19(26-14-27-24(16)29-18-7-5-4-6-17(18)25)11-21(20)33-9-8-30-12-15(2)34-23(32)13-30/h3-7,10-11,14-15H,1,8-9,12-13H2,2H3,(H,28,31)(H,26,27,29)/t15-/m0/s1. The first-order valence-electron chi connectivity index (χ1n) is 10.7. The Hall–Kier alpha value is -3.69. The number of nitrogens with zero attached hydrogens (tertiary/aromatic N) is 3. The van der Waals surface area contributed by atoms with Crippen molar-refractivity contribution in [1.29, 1.82) is 0 Å². The van der Waals surface area contributed by atoms with Gasteiger partial charge in [-0.15, -0.1) is 0 Å². The second-order valence-corrected chi connectivity index (χ2v) is 8.18. The van der Waals surface area contributed by atoms with E-state index in [4.69, 9.17) is 21.1 Å². The van der Waals surface area contributed by atoms with E-state index in [1.807, 2.05) is 30.0 Å². The van der Waals surface area contributed by atoms with Crippen molar-refractivity contribution in [1.82, 2.24) is 14.9 Å². The molecule has 3 aromatic rings. The lowest BCUT2D eigenvalue weighted by Gasteiger charge is -2.30. The summed E-state index contributed by atoms with van der Waals surface area (Å²) >= 11 is 6.28. The van der Waals surface area contributed by atoms with Crippen molar-refractivity contribution in [2.45, 2.75) is 13.0 Å². The van der Waals surface area contributed by atoms with Gasteiger partial charge in [-0.2, -0.15) is 0 Å². The highest BCUT2D eigenvalue weighted by Crippen LogP contribution is 2.34. The van der Waals surface area contributed by atoms with Crippen molar-refractivity contribution in [3.63, 3.8) is 0 Å². The molecule has 2 N–H and O–H groups in total. The number of esters is 1. The Labute approximate surface area is 201 Å². The van der Waals surface area contributed by atoms with E-state index in [0.29, 0.717) is 58.6 Å². The molecule has 1 atom stereocenters. The molecule has 0 spiro atoms. The van der Waals surface area contributed by atoms with Gasteiger partial charge >= 0.3 is 5.97 Å². The fourth-order valence-electron chi connectivity index (χ4n) is 3.64. The van der Waals surface area contributed by atoms with Gasteiger partial charge < -0.3 is 20.1 Å². The molecular formula is C24H24ClN5O4. The minimum absolute atomic E-state index is 0.162. The van der Waals surface area contributed by atoms with E-state index < -0.39 is 0 Å². The normalized spacial score (nSPS) is 16.1. The van der Waals surface area contributed by atoms with Crippen molar-refractivity contribution >= 4 is 51.6 Å². The van der Waals surface area contributed by atoms with Gasteiger partial charge in [-0.1, -0.05) is 30.3 Å². The van der Waals surface area contributed by atoms with Gasteiger partial charge in [0.1, 0.15) is 30.6 Å². The van der Waals surface area contributed by atoms with Gasteiger partial charge in [0.15, 0.2) is 0 Å². The molecule has 1 aliphatic rings. The Morgan fingerprint density at radius 2 is 2.15 bits per heavy atom. The number of carbonyl (C=O) groups is 2. The topological polar surface area (TPSA) is 106 Å². The van der Waals surface area contributed by atoms with Crippen LogP contribution in [0.3, 0.4) is 0 Å². The van der Waals surface area contributed by atoms with E-state index in [9.17, 15) is 9.59 Å². The molecule has 9 nitrogen and oxygen atoms in total. The maximum absolute atomic E-state index is 12.1. The molecule has 1 aromatic heterocycles.